The normalized spacial score (nSPS) is 10.8. The van der Waals surface area contributed by atoms with Crippen molar-refractivity contribution in [1.29, 1.82) is 0 Å². The van der Waals surface area contributed by atoms with Crippen LogP contribution < -0.4 is 10.6 Å². The summed E-state index contributed by atoms with van der Waals surface area (Å²) in [5, 5.41) is 14.8. The lowest BCUT2D eigenvalue weighted by Gasteiger charge is -2.14. The number of nitrogens with zero attached hydrogens (tertiary/aromatic N) is 3. The third-order valence-electron chi connectivity index (χ3n) is 4.04. The number of hydrogen-bond donors (Lipinski definition) is 2. The molecule has 128 valence electrons. The Morgan fingerprint density at radius 2 is 1.72 bits per heavy atom. The molecule has 0 aliphatic carbocycles. The van der Waals surface area contributed by atoms with Crippen LogP contribution in [0.25, 0.3) is 0 Å². The molecule has 2 N–H and O–H groups in total. The van der Waals surface area contributed by atoms with Crippen LogP contribution in [0.2, 0.25) is 0 Å². The van der Waals surface area contributed by atoms with Gasteiger partial charge in [-0.15, -0.1) is 5.10 Å². The third-order valence-corrected chi connectivity index (χ3v) is 4.04. The predicted molar refractivity (Wildman–Crippen MR) is 103 cm³/mol. The van der Waals surface area contributed by atoms with E-state index in [1.165, 1.54) is 11.1 Å². The molecule has 0 radical (unpaired) electrons. The highest BCUT2D eigenvalue weighted by Crippen LogP contribution is 2.26. The fourth-order valence-corrected chi connectivity index (χ4v) is 2.66. The van der Waals surface area contributed by atoms with Gasteiger partial charge in [-0.3, -0.25) is 0 Å². The second kappa shape index (κ2) is 7.30. The molecule has 0 aliphatic rings. The van der Waals surface area contributed by atoms with Gasteiger partial charge < -0.3 is 10.6 Å². The second-order valence-electron chi connectivity index (χ2n) is 6.48. The van der Waals surface area contributed by atoms with E-state index in [-0.39, 0.29) is 0 Å². The van der Waals surface area contributed by atoms with Crippen molar-refractivity contribution >= 4 is 23.1 Å². The Morgan fingerprint density at radius 1 is 0.920 bits per heavy atom. The van der Waals surface area contributed by atoms with Crippen LogP contribution in [0.3, 0.4) is 0 Å². The van der Waals surface area contributed by atoms with Crippen molar-refractivity contribution in [1.82, 2.24) is 15.2 Å². The summed E-state index contributed by atoms with van der Waals surface area (Å²) in [4.78, 5) is 4.54. The molecule has 0 aliphatic heterocycles. The topological polar surface area (TPSA) is 62.7 Å². The molecule has 1 heterocycles. The monoisotopic (exact) mass is 333 g/mol. The smallest absolute Gasteiger partial charge is 0.249 e. The third kappa shape index (κ3) is 4.12. The van der Waals surface area contributed by atoms with Gasteiger partial charge in [0.1, 0.15) is 0 Å². The summed E-state index contributed by atoms with van der Waals surface area (Å²) in [5.74, 6) is 1.55. The van der Waals surface area contributed by atoms with Gasteiger partial charge in [0.2, 0.25) is 5.95 Å². The van der Waals surface area contributed by atoms with Gasteiger partial charge in [0, 0.05) is 11.4 Å². The Labute approximate surface area is 148 Å². The molecule has 0 saturated heterocycles. The maximum atomic E-state index is 4.54. The van der Waals surface area contributed by atoms with Crippen molar-refractivity contribution in [3.05, 3.63) is 65.4 Å². The fourth-order valence-electron chi connectivity index (χ4n) is 2.66. The van der Waals surface area contributed by atoms with Gasteiger partial charge in [-0.25, -0.2) is 0 Å². The van der Waals surface area contributed by atoms with Crippen molar-refractivity contribution < 1.29 is 0 Å². The molecule has 0 bridgehead atoms. The molecule has 2 aromatic carbocycles. The van der Waals surface area contributed by atoms with Crippen LogP contribution in [0, 0.1) is 13.8 Å². The number of nitrogens with one attached hydrogen (secondary N) is 2. The van der Waals surface area contributed by atoms with E-state index in [0.29, 0.717) is 17.7 Å². The summed E-state index contributed by atoms with van der Waals surface area (Å²) in [6.07, 6.45) is 1.63. The van der Waals surface area contributed by atoms with E-state index in [1.54, 1.807) is 6.20 Å². The number of aryl methyl sites for hydroxylation is 2. The summed E-state index contributed by atoms with van der Waals surface area (Å²) in [5.41, 5.74) is 5.60. The summed E-state index contributed by atoms with van der Waals surface area (Å²) >= 11 is 0. The van der Waals surface area contributed by atoms with Crippen LogP contribution in [0.15, 0.2) is 48.7 Å². The Bertz CT molecular complexity index is 873. The van der Waals surface area contributed by atoms with E-state index in [9.17, 15) is 0 Å². The first-order chi connectivity index (χ1) is 12.0. The first-order valence-electron chi connectivity index (χ1n) is 8.43. The van der Waals surface area contributed by atoms with E-state index < -0.39 is 0 Å². The van der Waals surface area contributed by atoms with E-state index in [0.717, 1.165) is 16.9 Å². The van der Waals surface area contributed by atoms with Crippen molar-refractivity contribution in [2.45, 2.75) is 33.6 Å². The Kier molecular flexibility index (Phi) is 4.93. The lowest BCUT2D eigenvalue weighted by Crippen LogP contribution is -2.05. The molecule has 0 unspecified atom stereocenters. The molecular formula is C20H23N5. The Morgan fingerprint density at radius 3 is 2.52 bits per heavy atom. The van der Waals surface area contributed by atoms with E-state index in [4.69, 9.17) is 0 Å². The molecule has 0 atom stereocenters. The van der Waals surface area contributed by atoms with Gasteiger partial charge in [-0.2, -0.15) is 10.1 Å². The van der Waals surface area contributed by atoms with Crippen LogP contribution in [0.1, 0.15) is 36.5 Å². The van der Waals surface area contributed by atoms with Crippen LogP contribution >= 0.6 is 0 Å². The van der Waals surface area contributed by atoms with E-state index in [2.05, 4.69) is 77.8 Å². The molecule has 0 fully saturated rings. The molecule has 25 heavy (non-hydrogen) atoms. The molecule has 3 rings (SSSR count). The lowest BCUT2D eigenvalue weighted by molar-refractivity contribution is 0.867. The van der Waals surface area contributed by atoms with Gasteiger partial charge in [0.05, 0.1) is 6.20 Å². The molecule has 0 amide bonds. The second-order valence-corrected chi connectivity index (χ2v) is 6.48. The number of aromatic nitrogens is 3. The fraction of sp³-hybridized carbons (Fsp3) is 0.250. The zero-order chi connectivity index (χ0) is 17.8. The van der Waals surface area contributed by atoms with Gasteiger partial charge in [-0.05, 0) is 48.6 Å². The van der Waals surface area contributed by atoms with Crippen LogP contribution in [0.4, 0.5) is 23.1 Å². The molecule has 0 saturated carbocycles. The van der Waals surface area contributed by atoms with Crippen molar-refractivity contribution in [2.24, 2.45) is 0 Å². The summed E-state index contributed by atoms with van der Waals surface area (Å²) < 4.78 is 0. The predicted octanol–water partition coefficient (Wildman–Crippen LogP) is 5.10. The highest BCUT2D eigenvalue weighted by atomic mass is 15.3. The highest BCUT2D eigenvalue weighted by Gasteiger charge is 2.08. The number of hydrogen-bond acceptors (Lipinski definition) is 5. The number of rotatable bonds is 5. The number of benzene rings is 2. The minimum absolute atomic E-state index is 0.410. The zero-order valence-corrected chi connectivity index (χ0v) is 15.0. The van der Waals surface area contributed by atoms with E-state index >= 15 is 0 Å². The van der Waals surface area contributed by atoms with Gasteiger partial charge in [0.15, 0.2) is 5.82 Å². The zero-order valence-electron chi connectivity index (χ0n) is 15.0. The maximum Gasteiger partial charge on any atom is 0.249 e. The van der Waals surface area contributed by atoms with Gasteiger partial charge in [-0.1, -0.05) is 44.2 Å². The Balaban J connectivity index is 1.84. The SMILES string of the molecule is Cc1ccc(C)c(Nc2cnnc(Nc3ccccc3C(C)C)n2)c1. The molecule has 1 aromatic heterocycles. The molecular weight excluding hydrogens is 310 g/mol. The molecule has 3 aromatic rings. The van der Waals surface area contributed by atoms with Crippen molar-refractivity contribution in [3.63, 3.8) is 0 Å². The average molecular weight is 333 g/mol. The molecule has 0 spiro atoms. The van der Waals surface area contributed by atoms with Gasteiger partial charge >= 0.3 is 0 Å². The summed E-state index contributed by atoms with van der Waals surface area (Å²) in [6, 6.07) is 14.5. The first kappa shape index (κ1) is 16.9. The van der Waals surface area contributed by atoms with E-state index in [1.807, 2.05) is 18.2 Å². The highest BCUT2D eigenvalue weighted by molar-refractivity contribution is 5.63. The standard InChI is InChI=1S/C20H23N5/c1-13(2)16-7-5-6-8-17(16)23-20-24-19(12-21-25-20)22-18-11-14(3)9-10-15(18)4/h5-13H,1-4H3,(H2,22,23,24,25). The minimum Gasteiger partial charge on any atom is -0.339 e. The minimum atomic E-state index is 0.410. The first-order valence-corrected chi connectivity index (χ1v) is 8.43. The largest absolute Gasteiger partial charge is 0.339 e. The molecule has 5 nitrogen and oxygen atoms in total. The lowest BCUT2D eigenvalue weighted by atomic mass is 10.0. The number of anilines is 4. The average Bonchev–Trinajstić information content (AvgIpc) is 2.59. The van der Waals surface area contributed by atoms with Crippen LogP contribution in [-0.2, 0) is 0 Å². The molecule has 5 heteroatoms. The van der Waals surface area contributed by atoms with Crippen LogP contribution in [-0.4, -0.2) is 15.2 Å². The van der Waals surface area contributed by atoms with Crippen molar-refractivity contribution in [3.8, 4) is 0 Å². The van der Waals surface area contributed by atoms with Crippen molar-refractivity contribution in [2.75, 3.05) is 10.6 Å². The maximum absolute atomic E-state index is 4.54. The van der Waals surface area contributed by atoms with Crippen LogP contribution in [0.5, 0.6) is 0 Å². The quantitative estimate of drug-likeness (QED) is 0.680. The summed E-state index contributed by atoms with van der Waals surface area (Å²) in [6.45, 7) is 8.46. The van der Waals surface area contributed by atoms with Gasteiger partial charge in [0.25, 0.3) is 0 Å². The summed E-state index contributed by atoms with van der Waals surface area (Å²) in [7, 11) is 0. The number of para-hydroxylation sites is 1. The Hall–Kier alpha value is -2.95.